The molecule has 0 radical (unpaired) electrons. The highest BCUT2D eigenvalue weighted by Gasteiger charge is 2.32. The fraction of sp³-hybridized carbons (Fsp3) is 0.733. The number of piperazine rings is 1. The van der Waals surface area contributed by atoms with Crippen LogP contribution < -0.4 is 5.32 Å². The van der Waals surface area contributed by atoms with Gasteiger partial charge in [-0.15, -0.1) is 48.6 Å². The molecule has 1 N–H and O–H groups in total. The van der Waals surface area contributed by atoms with E-state index in [2.05, 4.69) is 27.5 Å². The van der Waals surface area contributed by atoms with E-state index in [-0.39, 0.29) is 43.1 Å². The van der Waals surface area contributed by atoms with E-state index < -0.39 is 0 Å². The number of rotatable bonds is 4. The van der Waals surface area contributed by atoms with Gasteiger partial charge in [-0.3, -0.25) is 9.69 Å². The van der Waals surface area contributed by atoms with Crippen molar-refractivity contribution in [2.45, 2.75) is 20.4 Å². The summed E-state index contributed by atoms with van der Waals surface area (Å²) < 4.78 is 0. The van der Waals surface area contributed by atoms with Crippen molar-refractivity contribution in [1.82, 2.24) is 20.1 Å². The molecule has 24 heavy (non-hydrogen) atoms. The van der Waals surface area contributed by atoms with Crippen LogP contribution in [0.5, 0.6) is 0 Å². The average Bonchev–Trinajstić information content (AvgIpc) is 2.82. The predicted molar refractivity (Wildman–Crippen MR) is 106 cm³/mol. The first-order chi connectivity index (χ1) is 10.1. The number of hydrogen-bond donors (Lipinski definition) is 1. The zero-order chi connectivity index (χ0) is 14.8. The predicted octanol–water partition coefficient (Wildman–Crippen LogP) is 2.22. The SMILES string of the molecule is Cc1nc(CN2CCN(C(=O)C(C)C3CNC3)CC2)cs1.Cl.Cl.Cl. The first-order valence-corrected chi connectivity index (χ1v) is 8.64. The van der Waals surface area contributed by atoms with Gasteiger partial charge in [0.1, 0.15) is 0 Å². The Morgan fingerprint density at radius 3 is 2.38 bits per heavy atom. The van der Waals surface area contributed by atoms with Crippen LogP contribution in [0.1, 0.15) is 17.6 Å². The quantitative estimate of drug-likeness (QED) is 0.816. The lowest BCUT2D eigenvalue weighted by molar-refractivity contribution is -0.139. The monoisotopic (exact) mass is 416 g/mol. The Morgan fingerprint density at radius 2 is 1.92 bits per heavy atom. The molecule has 2 fully saturated rings. The summed E-state index contributed by atoms with van der Waals surface area (Å²) in [6.45, 7) is 10.6. The molecule has 1 amide bonds. The average molecular weight is 418 g/mol. The summed E-state index contributed by atoms with van der Waals surface area (Å²) in [7, 11) is 0. The third-order valence-corrected chi connectivity index (χ3v) is 5.47. The fourth-order valence-electron chi connectivity index (χ4n) is 2.99. The first-order valence-electron chi connectivity index (χ1n) is 7.76. The Labute approximate surface area is 166 Å². The van der Waals surface area contributed by atoms with Crippen LogP contribution in [-0.2, 0) is 11.3 Å². The molecule has 3 rings (SSSR count). The summed E-state index contributed by atoms with van der Waals surface area (Å²) in [4.78, 5) is 21.4. The molecule has 0 saturated carbocycles. The van der Waals surface area contributed by atoms with E-state index in [9.17, 15) is 4.79 Å². The number of carbonyl (C=O) groups is 1. The molecule has 3 heterocycles. The molecule has 0 bridgehead atoms. The standard InChI is InChI=1S/C15H24N4OS.3ClH/c1-11(13-7-16-8-13)15(20)19-5-3-18(4-6-19)9-14-10-21-12(2)17-14;;;/h10-11,13,16H,3-9H2,1-2H3;3*1H. The number of aromatic nitrogens is 1. The van der Waals surface area contributed by atoms with Crippen molar-refractivity contribution in [2.24, 2.45) is 11.8 Å². The Morgan fingerprint density at radius 1 is 1.29 bits per heavy atom. The minimum Gasteiger partial charge on any atom is -0.340 e. The Hall–Kier alpha value is -0.110. The molecule has 9 heteroatoms. The van der Waals surface area contributed by atoms with Gasteiger partial charge in [-0.1, -0.05) is 6.92 Å². The summed E-state index contributed by atoms with van der Waals surface area (Å²) in [5, 5.41) is 6.52. The number of nitrogens with one attached hydrogen (secondary N) is 1. The van der Waals surface area contributed by atoms with E-state index in [0.717, 1.165) is 56.5 Å². The van der Waals surface area contributed by atoms with Gasteiger partial charge in [0.15, 0.2) is 0 Å². The van der Waals surface area contributed by atoms with Crippen LogP contribution in [0.25, 0.3) is 0 Å². The summed E-state index contributed by atoms with van der Waals surface area (Å²) in [6.07, 6.45) is 0. The highest BCUT2D eigenvalue weighted by molar-refractivity contribution is 7.09. The van der Waals surface area contributed by atoms with Gasteiger partial charge < -0.3 is 10.2 Å². The molecule has 2 aliphatic heterocycles. The van der Waals surface area contributed by atoms with Crippen molar-refractivity contribution >= 4 is 54.5 Å². The zero-order valence-electron chi connectivity index (χ0n) is 14.1. The normalized spacial score (nSPS) is 19.3. The van der Waals surface area contributed by atoms with Crippen molar-refractivity contribution in [3.63, 3.8) is 0 Å². The fourth-order valence-corrected chi connectivity index (χ4v) is 3.59. The molecular formula is C15H27Cl3N4OS. The van der Waals surface area contributed by atoms with Gasteiger partial charge in [-0.25, -0.2) is 4.98 Å². The van der Waals surface area contributed by atoms with Crippen LogP contribution in [0.3, 0.4) is 0 Å². The van der Waals surface area contributed by atoms with Crippen LogP contribution in [-0.4, -0.2) is 60.0 Å². The first kappa shape index (κ1) is 23.9. The van der Waals surface area contributed by atoms with Gasteiger partial charge in [0, 0.05) is 44.0 Å². The summed E-state index contributed by atoms with van der Waals surface area (Å²) in [5.74, 6) is 1.04. The van der Waals surface area contributed by atoms with Gasteiger partial charge in [0.05, 0.1) is 10.7 Å². The number of hydrogen-bond acceptors (Lipinski definition) is 5. The largest absolute Gasteiger partial charge is 0.340 e. The summed E-state index contributed by atoms with van der Waals surface area (Å²) in [6, 6.07) is 0. The lowest BCUT2D eigenvalue weighted by Crippen LogP contribution is -2.54. The van der Waals surface area contributed by atoms with E-state index in [0.29, 0.717) is 11.8 Å². The number of carbonyl (C=O) groups excluding carboxylic acids is 1. The van der Waals surface area contributed by atoms with Crippen molar-refractivity contribution in [3.8, 4) is 0 Å². The highest BCUT2D eigenvalue weighted by Crippen LogP contribution is 2.20. The van der Waals surface area contributed by atoms with Crippen molar-refractivity contribution in [1.29, 1.82) is 0 Å². The van der Waals surface area contributed by atoms with E-state index in [4.69, 9.17) is 0 Å². The molecule has 0 aromatic carbocycles. The number of amides is 1. The maximum Gasteiger partial charge on any atom is 0.225 e. The van der Waals surface area contributed by atoms with Gasteiger partial charge >= 0.3 is 0 Å². The van der Waals surface area contributed by atoms with Gasteiger partial charge in [-0.2, -0.15) is 0 Å². The highest BCUT2D eigenvalue weighted by atomic mass is 35.5. The molecule has 1 atom stereocenters. The molecule has 1 aromatic heterocycles. The lowest BCUT2D eigenvalue weighted by Gasteiger charge is -2.39. The molecule has 0 spiro atoms. The smallest absolute Gasteiger partial charge is 0.225 e. The van der Waals surface area contributed by atoms with E-state index >= 15 is 0 Å². The number of aryl methyl sites for hydroxylation is 1. The molecular weight excluding hydrogens is 391 g/mol. The second kappa shape index (κ2) is 10.8. The molecule has 5 nitrogen and oxygen atoms in total. The number of nitrogens with zero attached hydrogens (tertiary/aromatic N) is 3. The van der Waals surface area contributed by atoms with Crippen LogP contribution >= 0.6 is 48.6 Å². The lowest BCUT2D eigenvalue weighted by atomic mass is 9.88. The van der Waals surface area contributed by atoms with Crippen molar-refractivity contribution in [2.75, 3.05) is 39.3 Å². The maximum atomic E-state index is 12.5. The Kier molecular flexibility index (Phi) is 10.7. The molecule has 1 unspecified atom stereocenters. The second-order valence-corrected chi connectivity index (χ2v) is 7.23. The van der Waals surface area contributed by atoms with E-state index in [1.807, 2.05) is 11.8 Å². The van der Waals surface area contributed by atoms with Crippen molar-refractivity contribution in [3.05, 3.63) is 16.1 Å². The Bertz CT molecular complexity index is 505. The molecule has 1 aromatic rings. The minimum absolute atomic E-state index is 0. The third kappa shape index (κ3) is 5.71. The summed E-state index contributed by atoms with van der Waals surface area (Å²) >= 11 is 1.71. The van der Waals surface area contributed by atoms with Crippen LogP contribution in [0.15, 0.2) is 5.38 Å². The van der Waals surface area contributed by atoms with Crippen molar-refractivity contribution < 1.29 is 4.79 Å². The molecule has 2 aliphatic rings. The molecule has 2 saturated heterocycles. The van der Waals surface area contributed by atoms with Gasteiger partial charge in [0.2, 0.25) is 5.91 Å². The third-order valence-electron chi connectivity index (χ3n) is 4.65. The van der Waals surface area contributed by atoms with Crippen LogP contribution in [0.2, 0.25) is 0 Å². The molecule has 0 aliphatic carbocycles. The topological polar surface area (TPSA) is 48.5 Å². The van der Waals surface area contributed by atoms with E-state index in [1.54, 1.807) is 11.3 Å². The van der Waals surface area contributed by atoms with Crippen LogP contribution in [0.4, 0.5) is 0 Å². The van der Waals surface area contributed by atoms with Gasteiger partial charge in [0.25, 0.3) is 0 Å². The van der Waals surface area contributed by atoms with Crippen LogP contribution in [0, 0.1) is 18.8 Å². The molecule has 140 valence electrons. The zero-order valence-corrected chi connectivity index (χ0v) is 17.3. The second-order valence-electron chi connectivity index (χ2n) is 6.17. The number of thiazole rings is 1. The summed E-state index contributed by atoms with van der Waals surface area (Å²) in [5.41, 5.74) is 1.16. The number of halogens is 3. The van der Waals surface area contributed by atoms with E-state index in [1.165, 1.54) is 0 Å². The Balaban J connectivity index is 0.00000176. The maximum absolute atomic E-state index is 12.5. The minimum atomic E-state index is 0. The van der Waals surface area contributed by atoms with Gasteiger partial charge in [-0.05, 0) is 25.9 Å².